The highest BCUT2D eigenvalue weighted by Crippen LogP contribution is 2.21. The molecule has 0 aliphatic heterocycles. The van der Waals surface area contributed by atoms with Crippen LogP contribution in [-0.4, -0.2) is 12.1 Å². The molecule has 0 saturated carbocycles. The van der Waals surface area contributed by atoms with Gasteiger partial charge in [0.1, 0.15) is 6.10 Å². The summed E-state index contributed by atoms with van der Waals surface area (Å²) in [7, 11) is 0. The van der Waals surface area contributed by atoms with E-state index in [4.69, 9.17) is 4.74 Å². The Bertz CT molecular complexity index is 302. The van der Waals surface area contributed by atoms with Crippen LogP contribution >= 0.6 is 0 Å². The molecule has 0 heterocycles. The Morgan fingerprint density at radius 1 is 1.39 bits per heavy atom. The first kappa shape index (κ1) is 16.7. The van der Waals surface area contributed by atoms with E-state index in [-0.39, 0.29) is 12.1 Å². The van der Waals surface area contributed by atoms with E-state index in [1.54, 1.807) is 13.0 Å². The third-order valence-electron chi connectivity index (χ3n) is 2.95. The van der Waals surface area contributed by atoms with E-state index in [2.05, 4.69) is 27.0 Å². The monoisotopic (exact) mass is 250 g/mol. The molecule has 2 atom stereocenters. The largest absolute Gasteiger partial charge is 0.454 e. The van der Waals surface area contributed by atoms with Crippen LogP contribution < -0.4 is 0 Å². The lowest BCUT2D eigenvalue weighted by molar-refractivity contribution is -0.144. The standard InChI is InChI=1S/C16H26O2/c1-6-9-11-14(8-3)15(12-10-7-2)18-16(17)13(4)5/h7,10,12,14-15H,2,4,6,8-9,11H2,1,3,5H3/b12-10+. The van der Waals surface area contributed by atoms with Crippen molar-refractivity contribution >= 4 is 5.97 Å². The Labute approximate surface area is 111 Å². The van der Waals surface area contributed by atoms with Gasteiger partial charge in [-0.05, 0) is 31.8 Å². The molecule has 2 unspecified atom stereocenters. The maximum atomic E-state index is 11.6. The lowest BCUT2D eigenvalue weighted by atomic mass is 9.93. The van der Waals surface area contributed by atoms with Crippen molar-refractivity contribution in [3.63, 3.8) is 0 Å². The number of carbonyl (C=O) groups is 1. The van der Waals surface area contributed by atoms with Crippen LogP contribution in [-0.2, 0) is 9.53 Å². The number of rotatable bonds is 9. The van der Waals surface area contributed by atoms with Crippen LogP contribution in [0.3, 0.4) is 0 Å². The highest BCUT2D eigenvalue weighted by molar-refractivity contribution is 5.87. The minimum absolute atomic E-state index is 0.177. The molecular formula is C16H26O2. The highest BCUT2D eigenvalue weighted by Gasteiger charge is 2.21. The van der Waals surface area contributed by atoms with Gasteiger partial charge in [-0.15, -0.1) is 0 Å². The van der Waals surface area contributed by atoms with Crippen LogP contribution in [0.4, 0.5) is 0 Å². The quantitative estimate of drug-likeness (QED) is 0.344. The lowest BCUT2D eigenvalue weighted by Crippen LogP contribution is -2.25. The third kappa shape index (κ3) is 6.43. The van der Waals surface area contributed by atoms with Gasteiger partial charge in [-0.1, -0.05) is 52.0 Å². The number of ether oxygens (including phenoxy) is 1. The van der Waals surface area contributed by atoms with Gasteiger partial charge < -0.3 is 4.74 Å². The Morgan fingerprint density at radius 3 is 2.50 bits per heavy atom. The van der Waals surface area contributed by atoms with E-state index in [1.165, 1.54) is 0 Å². The van der Waals surface area contributed by atoms with Crippen LogP contribution in [0.15, 0.2) is 37.0 Å². The summed E-state index contributed by atoms with van der Waals surface area (Å²) in [5.41, 5.74) is 0.442. The molecule has 102 valence electrons. The summed E-state index contributed by atoms with van der Waals surface area (Å²) in [6.45, 7) is 13.2. The Kier molecular flexibility index (Phi) is 8.99. The number of unbranched alkanes of at least 4 members (excludes halogenated alkanes) is 1. The Morgan fingerprint density at radius 2 is 2.06 bits per heavy atom. The van der Waals surface area contributed by atoms with Gasteiger partial charge in [0.15, 0.2) is 0 Å². The summed E-state index contributed by atoms with van der Waals surface area (Å²) in [5, 5.41) is 0. The van der Waals surface area contributed by atoms with E-state index < -0.39 is 0 Å². The molecule has 18 heavy (non-hydrogen) atoms. The fourth-order valence-electron chi connectivity index (χ4n) is 1.77. The van der Waals surface area contributed by atoms with Gasteiger partial charge >= 0.3 is 5.97 Å². The molecule has 0 bridgehead atoms. The summed E-state index contributed by atoms with van der Waals surface area (Å²) >= 11 is 0. The first-order valence-corrected chi connectivity index (χ1v) is 6.72. The summed E-state index contributed by atoms with van der Waals surface area (Å²) in [4.78, 5) is 11.6. The molecule has 0 aromatic carbocycles. The number of allylic oxidation sites excluding steroid dienone is 2. The molecule has 0 fully saturated rings. The first-order chi connectivity index (χ1) is 8.56. The van der Waals surface area contributed by atoms with Gasteiger partial charge in [0.2, 0.25) is 0 Å². The summed E-state index contributed by atoms with van der Waals surface area (Å²) in [5.74, 6) is 0.0492. The predicted molar refractivity (Wildman–Crippen MR) is 77.3 cm³/mol. The average Bonchev–Trinajstić information content (AvgIpc) is 2.35. The van der Waals surface area contributed by atoms with Crippen LogP contribution in [0.5, 0.6) is 0 Å². The molecule has 0 aromatic heterocycles. The lowest BCUT2D eigenvalue weighted by Gasteiger charge is -2.23. The molecule has 2 nitrogen and oxygen atoms in total. The summed E-state index contributed by atoms with van der Waals surface area (Å²) in [6.07, 6.45) is 9.66. The smallest absolute Gasteiger partial charge is 0.333 e. The zero-order valence-electron chi connectivity index (χ0n) is 11.9. The highest BCUT2D eigenvalue weighted by atomic mass is 16.5. The van der Waals surface area contributed by atoms with Crippen LogP contribution in [0.2, 0.25) is 0 Å². The fraction of sp³-hybridized carbons (Fsp3) is 0.562. The van der Waals surface area contributed by atoms with Gasteiger partial charge in [0, 0.05) is 5.57 Å². The maximum absolute atomic E-state index is 11.6. The van der Waals surface area contributed by atoms with Crippen molar-refractivity contribution in [2.45, 2.75) is 52.6 Å². The second-order valence-corrected chi connectivity index (χ2v) is 4.58. The van der Waals surface area contributed by atoms with Crippen LogP contribution in [0.1, 0.15) is 46.5 Å². The molecule has 0 radical (unpaired) electrons. The van der Waals surface area contributed by atoms with Gasteiger partial charge in [0.25, 0.3) is 0 Å². The third-order valence-corrected chi connectivity index (χ3v) is 2.95. The molecule has 0 saturated heterocycles. The molecule has 0 amide bonds. The summed E-state index contributed by atoms with van der Waals surface area (Å²) < 4.78 is 5.49. The summed E-state index contributed by atoms with van der Waals surface area (Å²) in [6, 6.07) is 0. The molecule has 0 aliphatic rings. The molecule has 0 aliphatic carbocycles. The Hall–Kier alpha value is -1.31. The molecule has 0 spiro atoms. The SMILES string of the molecule is C=C/C=C/C(OC(=O)C(=C)C)C(CC)CCCC. The van der Waals surface area contributed by atoms with E-state index in [0.29, 0.717) is 11.5 Å². The maximum Gasteiger partial charge on any atom is 0.333 e. The van der Waals surface area contributed by atoms with Gasteiger partial charge in [-0.2, -0.15) is 0 Å². The molecule has 0 N–H and O–H groups in total. The molecular weight excluding hydrogens is 224 g/mol. The second kappa shape index (κ2) is 9.69. The van der Waals surface area contributed by atoms with E-state index in [1.807, 2.05) is 12.2 Å². The van der Waals surface area contributed by atoms with Crippen molar-refractivity contribution < 1.29 is 9.53 Å². The van der Waals surface area contributed by atoms with Crippen molar-refractivity contribution in [2.75, 3.05) is 0 Å². The van der Waals surface area contributed by atoms with Crippen molar-refractivity contribution in [3.8, 4) is 0 Å². The molecule has 2 heteroatoms. The van der Waals surface area contributed by atoms with E-state index >= 15 is 0 Å². The molecule has 0 aromatic rings. The average molecular weight is 250 g/mol. The minimum atomic E-state index is -0.316. The Balaban J connectivity index is 4.71. The topological polar surface area (TPSA) is 26.3 Å². The predicted octanol–water partition coefficient (Wildman–Crippen LogP) is 4.43. The van der Waals surface area contributed by atoms with E-state index in [9.17, 15) is 4.79 Å². The van der Waals surface area contributed by atoms with Crippen LogP contribution in [0.25, 0.3) is 0 Å². The number of carbonyl (C=O) groups excluding carboxylic acids is 1. The normalized spacial score (nSPS) is 14.2. The van der Waals surface area contributed by atoms with Crippen molar-refractivity contribution in [3.05, 3.63) is 37.0 Å². The number of hydrogen-bond donors (Lipinski definition) is 0. The van der Waals surface area contributed by atoms with Gasteiger partial charge in [-0.3, -0.25) is 0 Å². The zero-order valence-corrected chi connectivity index (χ0v) is 11.9. The van der Waals surface area contributed by atoms with Crippen LogP contribution in [0, 0.1) is 5.92 Å². The fourth-order valence-corrected chi connectivity index (χ4v) is 1.77. The minimum Gasteiger partial charge on any atom is -0.454 e. The van der Waals surface area contributed by atoms with Crippen molar-refractivity contribution in [1.29, 1.82) is 0 Å². The van der Waals surface area contributed by atoms with E-state index in [0.717, 1.165) is 25.7 Å². The molecule has 0 rings (SSSR count). The second-order valence-electron chi connectivity index (χ2n) is 4.58. The van der Waals surface area contributed by atoms with Gasteiger partial charge in [-0.25, -0.2) is 4.79 Å². The van der Waals surface area contributed by atoms with Crippen molar-refractivity contribution in [2.24, 2.45) is 5.92 Å². The number of esters is 1. The number of hydrogen-bond acceptors (Lipinski definition) is 2. The first-order valence-electron chi connectivity index (χ1n) is 6.72. The van der Waals surface area contributed by atoms with Crippen molar-refractivity contribution in [1.82, 2.24) is 0 Å². The van der Waals surface area contributed by atoms with Gasteiger partial charge in [0.05, 0.1) is 0 Å². The zero-order chi connectivity index (χ0) is 14.0.